The summed E-state index contributed by atoms with van der Waals surface area (Å²) < 4.78 is 1.77. The highest BCUT2D eigenvalue weighted by Gasteiger charge is 2.35. The van der Waals surface area contributed by atoms with Crippen molar-refractivity contribution in [3.63, 3.8) is 0 Å². The van der Waals surface area contributed by atoms with Gasteiger partial charge in [0.15, 0.2) is 0 Å². The van der Waals surface area contributed by atoms with Crippen LogP contribution in [0.1, 0.15) is 43.1 Å². The van der Waals surface area contributed by atoms with Crippen molar-refractivity contribution < 1.29 is 9.59 Å². The molecule has 1 saturated heterocycles. The molecule has 1 atom stereocenters. The molecule has 6 nitrogen and oxygen atoms in total. The Morgan fingerprint density at radius 2 is 2.08 bits per heavy atom. The topological polar surface area (TPSA) is 67.2 Å². The zero-order chi connectivity index (χ0) is 17.6. The largest absolute Gasteiger partial charge is 0.354 e. The van der Waals surface area contributed by atoms with Crippen molar-refractivity contribution in [1.82, 2.24) is 19.8 Å². The Balaban J connectivity index is 1.77. The number of hydrogen-bond acceptors (Lipinski definition) is 3. The normalized spacial score (nSPS) is 16.8. The Kier molecular flexibility index (Phi) is 5.48. The molecule has 2 amide bonds. The minimum absolute atomic E-state index is 0.0509. The standard InChI is InChI=1S/C19H24N4O2/c1-2-3-11-21-18(24)16-10-7-12-22(16)19(25)17-13-20-14-23(17)15-8-5-4-6-9-15/h4-6,8-9,13-14,16H,2-3,7,10-12H2,1H3,(H,21,24). The van der Waals surface area contributed by atoms with Crippen LogP contribution < -0.4 is 5.32 Å². The number of carbonyl (C=O) groups is 2. The Morgan fingerprint density at radius 3 is 2.84 bits per heavy atom. The number of nitrogens with one attached hydrogen (secondary N) is 1. The monoisotopic (exact) mass is 340 g/mol. The fraction of sp³-hybridized carbons (Fsp3) is 0.421. The average molecular weight is 340 g/mol. The van der Waals surface area contributed by atoms with Crippen LogP contribution in [0, 0.1) is 0 Å². The molecular weight excluding hydrogens is 316 g/mol. The molecule has 0 aliphatic carbocycles. The highest BCUT2D eigenvalue weighted by Crippen LogP contribution is 2.21. The number of amides is 2. The molecule has 0 radical (unpaired) electrons. The first-order chi connectivity index (χ1) is 12.2. The first-order valence-electron chi connectivity index (χ1n) is 8.89. The van der Waals surface area contributed by atoms with E-state index in [-0.39, 0.29) is 17.9 Å². The predicted octanol–water partition coefficient (Wildman–Crippen LogP) is 2.39. The SMILES string of the molecule is CCCCNC(=O)C1CCCN1C(=O)c1cncn1-c1ccccc1. The van der Waals surface area contributed by atoms with Gasteiger partial charge in [-0.15, -0.1) is 0 Å². The lowest BCUT2D eigenvalue weighted by Crippen LogP contribution is -2.46. The van der Waals surface area contributed by atoms with Crippen molar-refractivity contribution in [2.75, 3.05) is 13.1 Å². The van der Waals surface area contributed by atoms with Gasteiger partial charge in [0.05, 0.1) is 12.5 Å². The molecule has 0 spiro atoms. The molecule has 2 aromatic rings. The third-order valence-corrected chi connectivity index (χ3v) is 4.54. The van der Waals surface area contributed by atoms with Crippen molar-refractivity contribution in [2.24, 2.45) is 0 Å². The van der Waals surface area contributed by atoms with Gasteiger partial charge in [-0.3, -0.25) is 14.2 Å². The molecule has 3 rings (SSSR count). The highest BCUT2D eigenvalue weighted by atomic mass is 16.2. The molecular formula is C19H24N4O2. The molecule has 0 bridgehead atoms. The van der Waals surface area contributed by atoms with Crippen LogP contribution in [0.3, 0.4) is 0 Å². The lowest BCUT2D eigenvalue weighted by molar-refractivity contribution is -0.124. The summed E-state index contributed by atoms with van der Waals surface area (Å²) in [7, 11) is 0. The maximum Gasteiger partial charge on any atom is 0.273 e. The summed E-state index contributed by atoms with van der Waals surface area (Å²) in [4.78, 5) is 31.3. The number of hydrogen-bond donors (Lipinski definition) is 1. The van der Waals surface area contributed by atoms with E-state index in [1.165, 1.54) is 0 Å². The predicted molar refractivity (Wildman–Crippen MR) is 95.5 cm³/mol. The van der Waals surface area contributed by atoms with Crippen LogP contribution in [0.5, 0.6) is 0 Å². The molecule has 0 saturated carbocycles. The average Bonchev–Trinajstić information content (AvgIpc) is 3.31. The van der Waals surface area contributed by atoms with Crippen molar-refractivity contribution in [3.05, 3.63) is 48.5 Å². The minimum Gasteiger partial charge on any atom is -0.354 e. The first-order valence-corrected chi connectivity index (χ1v) is 8.89. The molecule has 132 valence electrons. The number of aromatic nitrogens is 2. The number of benzene rings is 1. The summed E-state index contributed by atoms with van der Waals surface area (Å²) in [5, 5.41) is 2.95. The summed E-state index contributed by atoms with van der Waals surface area (Å²) in [6.07, 6.45) is 6.74. The molecule has 25 heavy (non-hydrogen) atoms. The Morgan fingerprint density at radius 1 is 1.28 bits per heavy atom. The van der Waals surface area contributed by atoms with Gasteiger partial charge >= 0.3 is 0 Å². The fourth-order valence-corrected chi connectivity index (χ4v) is 3.18. The van der Waals surface area contributed by atoms with Gasteiger partial charge in [-0.2, -0.15) is 0 Å². The van der Waals surface area contributed by atoms with Crippen LogP contribution in [0.25, 0.3) is 5.69 Å². The van der Waals surface area contributed by atoms with Crippen LogP contribution in [0.2, 0.25) is 0 Å². The van der Waals surface area contributed by atoms with E-state index in [1.807, 2.05) is 30.3 Å². The number of carbonyl (C=O) groups excluding carboxylic acids is 2. The number of imidazole rings is 1. The van der Waals surface area contributed by atoms with E-state index in [4.69, 9.17) is 0 Å². The second-order valence-electron chi connectivity index (χ2n) is 6.29. The Hall–Kier alpha value is -2.63. The maximum atomic E-state index is 13.0. The van der Waals surface area contributed by atoms with E-state index in [9.17, 15) is 9.59 Å². The first kappa shape index (κ1) is 17.2. The Labute approximate surface area is 147 Å². The van der Waals surface area contributed by atoms with E-state index in [0.717, 1.165) is 24.9 Å². The summed E-state index contributed by atoms with van der Waals surface area (Å²) in [5.41, 5.74) is 1.37. The third-order valence-electron chi connectivity index (χ3n) is 4.54. The molecule has 1 unspecified atom stereocenters. The second kappa shape index (κ2) is 7.96. The van der Waals surface area contributed by atoms with Gasteiger partial charge in [0.2, 0.25) is 5.91 Å². The number of unbranched alkanes of at least 4 members (excludes halogenated alkanes) is 1. The minimum atomic E-state index is -0.386. The van der Waals surface area contributed by atoms with E-state index >= 15 is 0 Å². The van der Waals surface area contributed by atoms with Crippen LogP contribution in [-0.2, 0) is 4.79 Å². The van der Waals surface area contributed by atoms with Gasteiger partial charge in [0.25, 0.3) is 5.91 Å². The number of para-hydroxylation sites is 1. The zero-order valence-corrected chi connectivity index (χ0v) is 14.5. The van der Waals surface area contributed by atoms with Crippen molar-refractivity contribution in [2.45, 2.75) is 38.6 Å². The molecule has 1 aliphatic rings. The Bertz CT molecular complexity index is 726. The van der Waals surface area contributed by atoms with E-state index in [0.29, 0.717) is 25.2 Å². The number of likely N-dealkylation sites (tertiary alicyclic amines) is 1. The van der Waals surface area contributed by atoms with Gasteiger partial charge in [-0.05, 0) is 31.4 Å². The molecule has 1 aromatic carbocycles. The molecule has 1 aliphatic heterocycles. The summed E-state index contributed by atoms with van der Waals surface area (Å²) >= 11 is 0. The van der Waals surface area contributed by atoms with Gasteiger partial charge in [-0.25, -0.2) is 4.98 Å². The third kappa shape index (κ3) is 3.73. The summed E-state index contributed by atoms with van der Waals surface area (Å²) in [6, 6.07) is 9.24. The molecule has 1 N–H and O–H groups in total. The lowest BCUT2D eigenvalue weighted by atomic mass is 10.2. The quantitative estimate of drug-likeness (QED) is 0.821. The molecule has 6 heteroatoms. The molecule has 2 heterocycles. The molecule has 1 aromatic heterocycles. The van der Waals surface area contributed by atoms with Crippen LogP contribution in [-0.4, -0.2) is 45.4 Å². The van der Waals surface area contributed by atoms with Crippen molar-refractivity contribution >= 4 is 11.8 Å². The smallest absolute Gasteiger partial charge is 0.273 e. The van der Waals surface area contributed by atoms with Gasteiger partial charge in [0.1, 0.15) is 11.7 Å². The zero-order valence-electron chi connectivity index (χ0n) is 14.5. The molecule has 1 fully saturated rings. The van der Waals surface area contributed by atoms with Gasteiger partial charge in [-0.1, -0.05) is 31.5 Å². The number of rotatable bonds is 6. The number of nitrogens with zero attached hydrogens (tertiary/aromatic N) is 3. The van der Waals surface area contributed by atoms with Crippen LogP contribution in [0.15, 0.2) is 42.9 Å². The van der Waals surface area contributed by atoms with E-state index < -0.39 is 0 Å². The van der Waals surface area contributed by atoms with Crippen molar-refractivity contribution in [3.8, 4) is 5.69 Å². The second-order valence-corrected chi connectivity index (χ2v) is 6.29. The van der Waals surface area contributed by atoms with Crippen LogP contribution >= 0.6 is 0 Å². The summed E-state index contributed by atoms with van der Waals surface area (Å²) in [6.45, 7) is 3.35. The summed E-state index contributed by atoms with van der Waals surface area (Å²) in [5.74, 6) is -0.195. The van der Waals surface area contributed by atoms with Gasteiger partial charge < -0.3 is 10.2 Å². The van der Waals surface area contributed by atoms with Crippen LogP contribution in [0.4, 0.5) is 0 Å². The lowest BCUT2D eigenvalue weighted by Gasteiger charge is -2.24. The van der Waals surface area contributed by atoms with Crippen molar-refractivity contribution in [1.29, 1.82) is 0 Å². The fourth-order valence-electron chi connectivity index (χ4n) is 3.18. The van der Waals surface area contributed by atoms with Gasteiger partial charge in [0, 0.05) is 18.8 Å². The van der Waals surface area contributed by atoms with E-state index in [1.54, 1.807) is 22.0 Å². The maximum absolute atomic E-state index is 13.0. The highest BCUT2D eigenvalue weighted by molar-refractivity contribution is 5.97. The van der Waals surface area contributed by atoms with E-state index in [2.05, 4.69) is 17.2 Å².